The Morgan fingerprint density at radius 2 is 2.14 bits per heavy atom. The largest absolute Gasteiger partial charge is 0.326 e. The van der Waals surface area contributed by atoms with Gasteiger partial charge in [0, 0.05) is 13.0 Å². The lowest BCUT2D eigenvalue weighted by Crippen LogP contribution is -2.03. The second-order valence-electron chi connectivity index (χ2n) is 3.23. The van der Waals surface area contributed by atoms with E-state index in [0.29, 0.717) is 24.9 Å². The molecular formula is C11H13FN2. The zero-order valence-corrected chi connectivity index (χ0v) is 8.18. The van der Waals surface area contributed by atoms with Gasteiger partial charge in [-0.15, -0.1) is 0 Å². The summed E-state index contributed by atoms with van der Waals surface area (Å²) >= 11 is 0. The van der Waals surface area contributed by atoms with Crippen molar-refractivity contribution in [3.63, 3.8) is 0 Å². The predicted molar refractivity (Wildman–Crippen MR) is 53.0 cm³/mol. The molecule has 1 aromatic carbocycles. The minimum absolute atomic E-state index is 0.230. The summed E-state index contributed by atoms with van der Waals surface area (Å²) < 4.78 is 13.1. The number of hydrogen-bond donors (Lipinski definition) is 1. The molecule has 0 aliphatic heterocycles. The topological polar surface area (TPSA) is 49.8 Å². The maximum absolute atomic E-state index is 13.1. The zero-order valence-electron chi connectivity index (χ0n) is 8.18. The molecule has 2 nitrogen and oxygen atoms in total. The number of nitriles is 1. The Balaban J connectivity index is 3.02. The van der Waals surface area contributed by atoms with Gasteiger partial charge in [0.05, 0.1) is 6.07 Å². The first-order valence-electron chi connectivity index (χ1n) is 4.54. The molecule has 1 rings (SSSR count). The van der Waals surface area contributed by atoms with E-state index >= 15 is 0 Å². The summed E-state index contributed by atoms with van der Waals surface area (Å²) in [6.45, 7) is 2.03. The van der Waals surface area contributed by atoms with E-state index in [9.17, 15) is 4.39 Å². The summed E-state index contributed by atoms with van der Waals surface area (Å²) in [5, 5.41) is 8.46. The molecule has 2 N–H and O–H groups in total. The molecule has 0 heterocycles. The van der Waals surface area contributed by atoms with Gasteiger partial charge < -0.3 is 5.73 Å². The van der Waals surface area contributed by atoms with Gasteiger partial charge in [0.1, 0.15) is 5.82 Å². The maximum Gasteiger partial charge on any atom is 0.126 e. The average molecular weight is 192 g/mol. The molecule has 74 valence electrons. The molecule has 0 spiro atoms. The van der Waals surface area contributed by atoms with Crippen LogP contribution in [0, 0.1) is 24.1 Å². The van der Waals surface area contributed by atoms with Crippen LogP contribution in [-0.4, -0.2) is 0 Å². The van der Waals surface area contributed by atoms with Crippen molar-refractivity contribution in [3.05, 3.63) is 34.6 Å². The van der Waals surface area contributed by atoms with Crippen molar-refractivity contribution in [1.82, 2.24) is 0 Å². The van der Waals surface area contributed by atoms with Gasteiger partial charge in [0.2, 0.25) is 0 Å². The third-order valence-corrected chi connectivity index (χ3v) is 2.21. The van der Waals surface area contributed by atoms with Gasteiger partial charge in [0.25, 0.3) is 0 Å². The molecule has 0 saturated carbocycles. The van der Waals surface area contributed by atoms with E-state index in [-0.39, 0.29) is 5.82 Å². The molecule has 0 aliphatic rings. The molecule has 0 fully saturated rings. The van der Waals surface area contributed by atoms with Crippen molar-refractivity contribution in [1.29, 1.82) is 5.26 Å². The Morgan fingerprint density at radius 1 is 1.43 bits per heavy atom. The lowest BCUT2D eigenvalue weighted by Gasteiger charge is -2.08. The monoisotopic (exact) mass is 192 g/mol. The van der Waals surface area contributed by atoms with Crippen molar-refractivity contribution in [3.8, 4) is 6.07 Å². The molecule has 1 aromatic rings. The second kappa shape index (κ2) is 4.73. The van der Waals surface area contributed by atoms with Crippen LogP contribution in [0.15, 0.2) is 12.1 Å². The fraction of sp³-hybridized carbons (Fsp3) is 0.364. The molecule has 0 bridgehead atoms. The van der Waals surface area contributed by atoms with E-state index in [1.165, 1.54) is 6.07 Å². The van der Waals surface area contributed by atoms with Crippen molar-refractivity contribution in [2.24, 2.45) is 5.73 Å². The number of nitrogens with zero attached hydrogens (tertiary/aromatic N) is 1. The van der Waals surface area contributed by atoms with Crippen LogP contribution in [0.25, 0.3) is 0 Å². The highest BCUT2D eigenvalue weighted by molar-refractivity contribution is 5.33. The van der Waals surface area contributed by atoms with Crippen molar-refractivity contribution in [2.45, 2.75) is 26.3 Å². The normalized spacial score (nSPS) is 9.86. The Labute approximate surface area is 83.2 Å². The van der Waals surface area contributed by atoms with Crippen LogP contribution in [0.3, 0.4) is 0 Å². The van der Waals surface area contributed by atoms with Crippen LogP contribution in [0.5, 0.6) is 0 Å². The molecule has 0 aliphatic carbocycles. The summed E-state index contributed by atoms with van der Waals surface area (Å²) in [7, 11) is 0. The van der Waals surface area contributed by atoms with Crippen LogP contribution in [-0.2, 0) is 13.0 Å². The Bertz CT molecular complexity index is 366. The molecular weight excluding hydrogens is 179 g/mol. The first kappa shape index (κ1) is 10.7. The number of benzene rings is 1. The fourth-order valence-corrected chi connectivity index (χ4v) is 1.40. The molecule has 0 saturated heterocycles. The summed E-state index contributed by atoms with van der Waals surface area (Å²) in [5.74, 6) is -0.230. The van der Waals surface area contributed by atoms with E-state index in [4.69, 9.17) is 11.0 Å². The third-order valence-electron chi connectivity index (χ3n) is 2.21. The lowest BCUT2D eigenvalue weighted by molar-refractivity contribution is 0.614. The summed E-state index contributed by atoms with van der Waals surface area (Å²) in [4.78, 5) is 0. The molecule has 0 amide bonds. The number of hydrogen-bond acceptors (Lipinski definition) is 2. The minimum Gasteiger partial charge on any atom is -0.326 e. The highest BCUT2D eigenvalue weighted by Gasteiger charge is 2.05. The molecule has 3 heteroatoms. The second-order valence-corrected chi connectivity index (χ2v) is 3.23. The smallest absolute Gasteiger partial charge is 0.126 e. The first-order chi connectivity index (χ1) is 6.69. The van der Waals surface area contributed by atoms with E-state index in [0.717, 1.165) is 11.1 Å². The summed E-state index contributed by atoms with van der Waals surface area (Å²) in [5.41, 5.74) is 7.87. The Kier molecular flexibility index (Phi) is 3.61. The molecule has 0 radical (unpaired) electrons. The van der Waals surface area contributed by atoms with Crippen LogP contribution >= 0.6 is 0 Å². The first-order valence-corrected chi connectivity index (χ1v) is 4.54. The fourth-order valence-electron chi connectivity index (χ4n) is 1.40. The van der Waals surface area contributed by atoms with Gasteiger partial charge in [-0.05, 0) is 36.1 Å². The minimum atomic E-state index is -0.230. The zero-order chi connectivity index (χ0) is 10.6. The predicted octanol–water partition coefficient (Wildman–Crippen LogP) is 2.05. The molecule has 0 atom stereocenters. The van der Waals surface area contributed by atoms with Gasteiger partial charge in [-0.25, -0.2) is 4.39 Å². The SMILES string of the molecule is Cc1cc(CCC#N)c(CN)cc1F. The van der Waals surface area contributed by atoms with Crippen LogP contribution in [0.1, 0.15) is 23.1 Å². The molecule has 0 unspecified atom stereocenters. The number of nitrogens with two attached hydrogens (primary N) is 1. The maximum atomic E-state index is 13.1. The van der Waals surface area contributed by atoms with Gasteiger partial charge in [0.15, 0.2) is 0 Å². The van der Waals surface area contributed by atoms with E-state index in [2.05, 4.69) is 6.07 Å². The van der Waals surface area contributed by atoms with E-state index < -0.39 is 0 Å². The average Bonchev–Trinajstić information content (AvgIpc) is 2.19. The van der Waals surface area contributed by atoms with Crippen LogP contribution in [0.2, 0.25) is 0 Å². The highest BCUT2D eigenvalue weighted by atomic mass is 19.1. The standard InChI is InChI=1S/C11H13FN2/c1-8-5-9(3-2-4-13)10(7-14)6-11(8)12/h5-6H,2-3,7,14H2,1H3. The van der Waals surface area contributed by atoms with E-state index in [1.54, 1.807) is 13.0 Å². The van der Waals surface area contributed by atoms with Crippen molar-refractivity contribution < 1.29 is 4.39 Å². The molecule has 14 heavy (non-hydrogen) atoms. The number of halogens is 1. The summed E-state index contributed by atoms with van der Waals surface area (Å²) in [6, 6.07) is 5.30. The van der Waals surface area contributed by atoms with Gasteiger partial charge in [-0.1, -0.05) is 6.07 Å². The molecule has 0 aromatic heterocycles. The van der Waals surface area contributed by atoms with Crippen molar-refractivity contribution in [2.75, 3.05) is 0 Å². The highest BCUT2D eigenvalue weighted by Crippen LogP contribution is 2.16. The third kappa shape index (κ3) is 2.30. The quantitative estimate of drug-likeness (QED) is 0.796. The summed E-state index contributed by atoms with van der Waals surface area (Å²) in [6.07, 6.45) is 1.09. The van der Waals surface area contributed by atoms with Crippen molar-refractivity contribution >= 4 is 0 Å². The Morgan fingerprint density at radius 3 is 2.71 bits per heavy atom. The van der Waals surface area contributed by atoms with Gasteiger partial charge >= 0.3 is 0 Å². The van der Waals surface area contributed by atoms with Gasteiger partial charge in [-0.3, -0.25) is 0 Å². The van der Waals surface area contributed by atoms with Crippen LogP contribution in [0.4, 0.5) is 4.39 Å². The van der Waals surface area contributed by atoms with E-state index in [1.807, 2.05) is 0 Å². The number of rotatable bonds is 3. The van der Waals surface area contributed by atoms with Crippen LogP contribution < -0.4 is 5.73 Å². The lowest BCUT2D eigenvalue weighted by atomic mass is 10.0. The Hall–Kier alpha value is -1.40. The number of aryl methyl sites for hydroxylation is 2. The van der Waals surface area contributed by atoms with Gasteiger partial charge in [-0.2, -0.15) is 5.26 Å².